The third-order valence-corrected chi connectivity index (χ3v) is 9.52. The van der Waals surface area contributed by atoms with Crippen molar-refractivity contribution in [3.63, 3.8) is 0 Å². The molecule has 14 nitrogen and oxygen atoms in total. The van der Waals surface area contributed by atoms with Gasteiger partial charge in [-0.25, -0.2) is 15.0 Å². The van der Waals surface area contributed by atoms with Crippen LogP contribution in [0.5, 0.6) is 11.5 Å². The van der Waals surface area contributed by atoms with Crippen LogP contribution in [-0.4, -0.2) is 108 Å². The van der Waals surface area contributed by atoms with Crippen molar-refractivity contribution in [2.45, 2.75) is 13.8 Å². The summed E-state index contributed by atoms with van der Waals surface area (Å²) in [5.41, 5.74) is 9.27. The van der Waals surface area contributed by atoms with Crippen molar-refractivity contribution < 1.29 is 19.1 Å². The Morgan fingerprint density at radius 3 is 1.62 bits per heavy atom. The number of nitrogens with one attached hydrogen (secondary N) is 1. The van der Waals surface area contributed by atoms with Gasteiger partial charge in [-0.3, -0.25) is 9.59 Å². The summed E-state index contributed by atoms with van der Waals surface area (Å²) in [5.74, 6) is 2.02. The van der Waals surface area contributed by atoms with E-state index in [0.717, 1.165) is 56.3 Å². The summed E-state index contributed by atoms with van der Waals surface area (Å²) < 4.78 is 10.7. The number of carbonyl (C=O) groups excluding carboxylic acids is 2. The molecule has 3 N–H and O–H groups in total. The monoisotopic (exact) mass is 826 g/mol. The Bertz CT molecular complexity index is 1880. The Hall–Kier alpha value is -4.21. The van der Waals surface area contributed by atoms with Crippen molar-refractivity contribution in [1.82, 2.24) is 29.7 Å². The first kappa shape index (κ1) is 41.5. The molecule has 2 aliphatic heterocycles. The molecule has 4 aromatic rings. The van der Waals surface area contributed by atoms with Crippen LogP contribution in [0.2, 0.25) is 25.8 Å². The van der Waals surface area contributed by atoms with Crippen molar-refractivity contribution in [1.29, 1.82) is 0 Å². The molecule has 0 unspecified atom stereocenters. The molecular weight excluding hydrogens is 790 g/mol. The molecule has 53 heavy (non-hydrogen) atoms. The van der Waals surface area contributed by atoms with Crippen LogP contribution in [0, 0.1) is 0 Å². The first-order valence-electron chi connectivity index (χ1n) is 16.2. The van der Waals surface area contributed by atoms with E-state index < -0.39 is 0 Å². The molecule has 0 saturated carbocycles. The van der Waals surface area contributed by atoms with Crippen LogP contribution in [-0.2, 0) is 9.59 Å². The number of nitrogens with two attached hydrogens (primary N) is 1. The summed E-state index contributed by atoms with van der Waals surface area (Å²) in [6, 6.07) is 11.6. The van der Waals surface area contributed by atoms with Crippen LogP contribution in [0.1, 0.15) is 13.8 Å². The lowest BCUT2D eigenvalue weighted by Crippen LogP contribution is -2.48. The van der Waals surface area contributed by atoms with E-state index in [2.05, 4.69) is 35.1 Å². The predicted molar refractivity (Wildman–Crippen MR) is 212 cm³/mol. The van der Waals surface area contributed by atoms with Gasteiger partial charge in [-0.15, -0.1) is 0 Å². The van der Waals surface area contributed by atoms with Gasteiger partial charge in [0.1, 0.15) is 16.5 Å². The molecule has 0 radical (unpaired) electrons. The Balaban J connectivity index is 0.000000200. The van der Waals surface area contributed by atoms with E-state index in [-0.39, 0.29) is 27.5 Å². The van der Waals surface area contributed by atoms with Gasteiger partial charge < -0.3 is 40.1 Å². The fraction of sp³-hybridized carbons (Fsp3) is 0.353. The number of ether oxygens (including phenoxy) is 2. The third-order valence-electron chi connectivity index (χ3n) is 8.22. The predicted octanol–water partition coefficient (Wildman–Crippen LogP) is 6.59. The standard InChI is InChI=1S/C17H19Cl2N5O2.C13H19N3O2.C4HCl3N2/c1-11(25)23-5-7-24(8-6-23)12-3-4-14(15(9-12)26-2)21-16-13(18)10-20-17(19)22-16;1-10(17)15-5-7-16(8-6-15)11-3-4-12(14)13(9-11)18-2;5-2-1-8-4(7)9-3(2)6/h3-4,9-10H,5-8H2,1-2H3,(H,20,21,22);3-4,9H,5-8,14H2,1-2H3;1H. The molecular formula is C34H39Cl5N10O4. The minimum absolute atomic E-state index is 0.101. The summed E-state index contributed by atoms with van der Waals surface area (Å²) in [4.78, 5) is 46.0. The van der Waals surface area contributed by atoms with Crippen LogP contribution in [0.3, 0.4) is 0 Å². The van der Waals surface area contributed by atoms with Gasteiger partial charge in [0.2, 0.25) is 22.4 Å². The smallest absolute Gasteiger partial charge is 0.224 e. The van der Waals surface area contributed by atoms with Crippen LogP contribution < -0.4 is 30.3 Å². The number of nitrogen functional groups attached to an aromatic ring is 1. The lowest BCUT2D eigenvalue weighted by Gasteiger charge is -2.35. The lowest BCUT2D eigenvalue weighted by molar-refractivity contribution is -0.129. The number of carbonyl (C=O) groups is 2. The summed E-state index contributed by atoms with van der Waals surface area (Å²) in [5, 5.41) is 4.18. The van der Waals surface area contributed by atoms with E-state index >= 15 is 0 Å². The van der Waals surface area contributed by atoms with E-state index in [0.29, 0.717) is 46.1 Å². The number of methoxy groups -OCH3 is 2. The molecule has 0 spiro atoms. The van der Waals surface area contributed by atoms with Crippen LogP contribution >= 0.6 is 58.0 Å². The quantitative estimate of drug-likeness (QED) is 0.123. The number of aromatic nitrogens is 4. The van der Waals surface area contributed by atoms with Gasteiger partial charge in [0, 0.05) is 89.7 Å². The van der Waals surface area contributed by atoms with Crippen molar-refractivity contribution in [2.24, 2.45) is 0 Å². The number of hydrogen-bond acceptors (Lipinski definition) is 12. The van der Waals surface area contributed by atoms with Crippen LogP contribution in [0.4, 0.5) is 28.6 Å². The molecule has 4 heterocycles. The van der Waals surface area contributed by atoms with Gasteiger partial charge in [0.25, 0.3) is 0 Å². The molecule has 284 valence electrons. The maximum atomic E-state index is 11.5. The summed E-state index contributed by atoms with van der Waals surface area (Å²) in [6.45, 7) is 9.42. The normalized spacial score (nSPS) is 14.0. The Morgan fingerprint density at radius 2 is 1.15 bits per heavy atom. The SMILES string of the molecule is COc1cc(N2CCN(C(C)=O)CC2)ccc1N.COc1cc(N2CCN(C(C)=O)CC2)ccc1Nc1nc(Cl)ncc1Cl.Clc1ncc(Cl)c(Cl)n1. The first-order chi connectivity index (χ1) is 25.3. The highest BCUT2D eigenvalue weighted by atomic mass is 35.5. The zero-order chi connectivity index (χ0) is 38.7. The number of amides is 2. The number of hydrogen-bond donors (Lipinski definition) is 2. The largest absolute Gasteiger partial charge is 0.495 e. The van der Waals surface area contributed by atoms with Crippen molar-refractivity contribution in [3.05, 3.63) is 74.6 Å². The number of halogens is 5. The molecule has 2 aromatic heterocycles. The van der Waals surface area contributed by atoms with Gasteiger partial charge in [-0.1, -0.05) is 34.8 Å². The van der Waals surface area contributed by atoms with Gasteiger partial charge in [0.05, 0.1) is 43.0 Å². The van der Waals surface area contributed by atoms with E-state index in [4.69, 9.17) is 73.2 Å². The molecule has 2 amide bonds. The molecule has 6 rings (SSSR count). The number of piperazine rings is 2. The summed E-state index contributed by atoms with van der Waals surface area (Å²) >= 11 is 28.2. The zero-order valence-electron chi connectivity index (χ0n) is 29.5. The fourth-order valence-electron chi connectivity index (χ4n) is 5.32. The Labute approximate surface area is 333 Å². The minimum atomic E-state index is 0.101. The van der Waals surface area contributed by atoms with Gasteiger partial charge in [-0.2, -0.15) is 4.98 Å². The number of nitrogens with zero attached hydrogens (tertiary/aromatic N) is 8. The zero-order valence-corrected chi connectivity index (χ0v) is 33.2. The molecule has 0 atom stereocenters. The first-order valence-corrected chi connectivity index (χ1v) is 18.1. The van der Waals surface area contributed by atoms with Crippen molar-refractivity contribution in [3.8, 4) is 11.5 Å². The van der Waals surface area contributed by atoms with E-state index in [9.17, 15) is 9.59 Å². The summed E-state index contributed by atoms with van der Waals surface area (Å²) in [7, 11) is 3.22. The molecule has 2 fully saturated rings. The Kier molecular flexibility index (Phi) is 15.5. The third kappa shape index (κ3) is 11.9. The second kappa shape index (κ2) is 19.7. The topological polar surface area (TPSA) is 155 Å². The highest BCUT2D eigenvalue weighted by Gasteiger charge is 2.21. The van der Waals surface area contributed by atoms with Crippen LogP contribution in [0.15, 0.2) is 48.8 Å². The summed E-state index contributed by atoms with van der Waals surface area (Å²) in [6.07, 6.45) is 2.79. The second-order valence-corrected chi connectivity index (χ2v) is 13.4. The lowest BCUT2D eigenvalue weighted by atomic mass is 10.2. The van der Waals surface area contributed by atoms with Crippen molar-refractivity contribution in [2.75, 3.05) is 87.4 Å². The molecule has 0 bridgehead atoms. The molecule has 2 saturated heterocycles. The number of benzene rings is 2. The molecule has 2 aromatic carbocycles. The van der Waals surface area contributed by atoms with Crippen LogP contribution in [0.25, 0.3) is 0 Å². The number of rotatable bonds is 6. The van der Waals surface area contributed by atoms with E-state index in [1.54, 1.807) is 28.1 Å². The van der Waals surface area contributed by atoms with E-state index in [1.165, 1.54) is 12.4 Å². The highest BCUT2D eigenvalue weighted by Crippen LogP contribution is 2.34. The van der Waals surface area contributed by atoms with Gasteiger partial charge >= 0.3 is 0 Å². The second-order valence-electron chi connectivity index (χ2n) is 11.5. The van der Waals surface area contributed by atoms with Gasteiger partial charge in [-0.05, 0) is 47.5 Å². The van der Waals surface area contributed by atoms with E-state index in [1.807, 2.05) is 46.2 Å². The highest BCUT2D eigenvalue weighted by molar-refractivity contribution is 6.41. The molecule has 19 heteroatoms. The average Bonchev–Trinajstić information content (AvgIpc) is 3.15. The minimum Gasteiger partial charge on any atom is -0.495 e. The molecule has 0 aliphatic carbocycles. The molecule has 2 aliphatic rings. The number of anilines is 5. The van der Waals surface area contributed by atoms with Crippen molar-refractivity contribution >= 4 is 98.4 Å². The average molecular weight is 829 g/mol. The maximum absolute atomic E-state index is 11.5. The Morgan fingerprint density at radius 1 is 0.679 bits per heavy atom. The fourth-order valence-corrected chi connectivity index (χ4v) is 5.99. The van der Waals surface area contributed by atoms with Gasteiger partial charge in [0.15, 0.2) is 11.0 Å². The maximum Gasteiger partial charge on any atom is 0.224 e.